The second-order valence-electron chi connectivity index (χ2n) is 5.50. The molecule has 1 saturated heterocycles. The molecule has 0 radical (unpaired) electrons. The zero-order chi connectivity index (χ0) is 11.9. The van der Waals surface area contributed by atoms with E-state index in [4.69, 9.17) is 0 Å². The van der Waals surface area contributed by atoms with Crippen LogP contribution in [-0.2, 0) is 6.42 Å². The standard InChI is InChI=1S/C13H16F2N2/c14-10-4-11(15)12(17-6-10)3-9-1-2-13(5-9)7-16-8-13/h4,6,9,16H,1-3,5,7-8H2. The Morgan fingerprint density at radius 3 is 2.82 bits per heavy atom. The SMILES string of the molecule is Fc1cnc(CC2CCC3(CNC3)C2)c(F)c1. The first-order chi connectivity index (χ1) is 8.17. The molecular weight excluding hydrogens is 222 g/mol. The third-order valence-electron chi connectivity index (χ3n) is 4.17. The summed E-state index contributed by atoms with van der Waals surface area (Å²) in [5.41, 5.74) is 0.891. The van der Waals surface area contributed by atoms with Crippen LogP contribution in [-0.4, -0.2) is 18.1 Å². The van der Waals surface area contributed by atoms with Crippen LogP contribution in [0.2, 0.25) is 0 Å². The molecular formula is C13H16F2N2. The van der Waals surface area contributed by atoms with Crippen LogP contribution < -0.4 is 5.32 Å². The van der Waals surface area contributed by atoms with Crippen LogP contribution in [0.1, 0.15) is 25.0 Å². The van der Waals surface area contributed by atoms with Gasteiger partial charge in [0.05, 0.1) is 11.9 Å². The fourth-order valence-electron chi connectivity index (χ4n) is 3.17. The lowest BCUT2D eigenvalue weighted by Gasteiger charge is -2.39. The molecule has 1 aromatic rings. The average Bonchev–Trinajstić information content (AvgIpc) is 2.66. The van der Waals surface area contributed by atoms with Gasteiger partial charge in [0, 0.05) is 19.2 Å². The van der Waals surface area contributed by atoms with Crippen molar-refractivity contribution in [3.8, 4) is 0 Å². The van der Waals surface area contributed by atoms with E-state index in [2.05, 4.69) is 10.3 Å². The molecule has 2 nitrogen and oxygen atoms in total. The van der Waals surface area contributed by atoms with E-state index in [1.54, 1.807) is 0 Å². The summed E-state index contributed by atoms with van der Waals surface area (Å²) in [5, 5.41) is 3.31. The molecule has 1 aliphatic heterocycles. The lowest BCUT2D eigenvalue weighted by atomic mass is 9.79. The van der Waals surface area contributed by atoms with E-state index in [-0.39, 0.29) is 0 Å². The van der Waals surface area contributed by atoms with Crippen molar-refractivity contribution in [1.82, 2.24) is 10.3 Å². The van der Waals surface area contributed by atoms with Gasteiger partial charge in [-0.2, -0.15) is 0 Å². The first-order valence-electron chi connectivity index (χ1n) is 6.18. The Bertz CT molecular complexity index is 429. The summed E-state index contributed by atoms with van der Waals surface area (Å²) in [5.74, 6) is -0.598. The normalized spacial score (nSPS) is 26.1. The van der Waals surface area contributed by atoms with E-state index >= 15 is 0 Å². The van der Waals surface area contributed by atoms with Gasteiger partial charge in [-0.3, -0.25) is 4.98 Å². The average molecular weight is 238 g/mol. The molecule has 92 valence electrons. The second-order valence-corrected chi connectivity index (χ2v) is 5.50. The summed E-state index contributed by atoms with van der Waals surface area (Å²) in [6, 6.07) is 0.929. The van der Waals surface area contributed by atoms with Crippen LogP contribution in [0, 0.1) is 23.0 Å². The summed E-state index contributed by atoms with van der Waals surface area (Å²) >= 11 is 0. The number of halogens is 2. The third-order valence-corrected chi connectivity index (χ3v) is 4.17. The summed E-state index contributed by atoms with van der Waals surface area (Å²) in [4.78, 5) is 3.87. The van der Waals surface area contributed by atoms with Crippen molar-refractivity contribution in [1.29, 1.82) is 0 Å². The molecule has 1 saturated carbocycles. The van der Waals surface area contributed by atoms with Gasteiger partial charge in [-0.1, -0.05) is 0 Å². The quantitative estimate of drug-likeness (QED) is 0.855. The van der Waals surface area contributed by atoms with Crippen molar-refractivity contribution >= 4 is 0 Å². The van der Waals surface area contributed by atoms with Crippen LogP contribution in [0.3, 0.4) is 0 Å². The maximum atomic E-state index is 13.5. The van der Waals surface area contributed by atoms with E-state index in [1.165, 1.54) is 6.42 Å². The Kier molecular flexibility index (Phi) is 2.62. The Balaban J connectivity index is 1.67. The number of aromatic nitrogens is 1. The fourth-order valence-corrected chi connectivity index (χ4v) is 3.17. The van der Waals surface area contributed by atoms with Crippen molar-refractivity contribution in [2.24, 2.45) is 11.3 Å². The number of rotatable bonds is 2. The Morgan fingerprint density at radius 1 is 1.41 bits per heavy atom. The maximum Gasteiger partial charge on any atom is 0.147 e. The van der Waals surface area contributed by atoms with Gasteiger partial charge >= 0.3 is 0 Å². The first kappa shape index (κ1) is 11.1. The molecule has 2 aliphatic rings. The number of nitrogens with zero attached hydrogens (tertiary/aromatic N) is 1. The molecule has 0 amide bonds. The van der Waals surface area contributed by atoms with Gasteiger partial charge in [0.25, 0.3) is 0 Å². The monoisotopic (exact) mass is 238 g/mol. The number of hydrogen-bond acceptors (Lipinski definition) is 2. The van der Waals surface area contributed by atoms with Gasteiger partial charge < -0.3 is 5.32 Å². The van der Waals surface area contributed by atoms with Gasteiger partial charge in [-0.25, -0.2) is 8.78 Å². The summed E-state index contributed by atoms with van der Waals surface area (Å²) in [6.45, 7) is 2.20. The maximum absolute atomic E-state index is 13.5. The van der Waals surface area contributed by atoms with Gasteiger partial charge in [0.15, 0.2) is 0 Å². The molecule has 0 aromatic carbocycles. The first-order valence-corrected chi connectivity index (χ1v) is 6.18. The molecule has 1 unspecified atom stereocenters. The number of nitrogens with one attached hydrogen (secondary N) is 1. The van der Waals surface area contributed by atoms with Crippen molar-refractivity contribution in [2.75, 3.05) is 13.1 Å². The fraction of sp³-hybridized carbons (Fsp3) is 0.615. The zero-order valence-corrected chi connectivity index (χ0v) is 9.68. The lowest BCUT2D eigenvalue weighted by Crippen LogP contribution is -2.51. The van der Waals surface area contributed by atoms with Gasteiger partial charge in [-0.05, 0) is 37.0 Å². The number of hydrogen-bond donors (Lipinski definition) is 1. The minimum atomic E-state index is -0.600. The predicted molar refractivity (Wildman–Crippen MR) is 60.5 cm³/mol. The molecule has 0 bridgehead atoms. The highest BCUT2D eigenvalue weighted by atomic mass is 19.1. The Morgan fingerprint density at radius 2 is 2.24 bits per heavy atom. The van der Waals surface area contributed by atoms with Crippen molar-refractivity contribution in [2.45, 2.75) is 25.7 Å². The molecule has 2 fully saturated rings. The molecule has 1 aromatic heterocycles. The van der Waals surface area contributed by atoms with E-state index < -0.39 is 11.6 Å². The topological polar surface area (TPSA) is 24.9 Å². The largest absolute Gasteiger partial charge is 0.316 e. The Hall–Kier alpha value is -1.03. The van der Waals surface area contributed by atoms with E-state index in [1.807, 2.05) is 0 Å². The third kappa shape index (κ3) is 2.06. The summed E-state index contributed by atoms with van der Waals surface area (Å²) in [7, 11) is 0. The van der Waals surface area contributed by atoms with Crippen molar-refractivity contribution < 1.29 is 8.78 Å². The zero-order valence-electron chi connectivity index (χ0n) is 9.68. The van der Waals surface area contributed by atoms with Crippen molar-refractivity contribution in [3.05, 3.63) is 29.6 Å². The van der Waals surface area contributed by atoms with Gasteiger partial charge in [0.1, 0.15) is 11.6 Å². The highest BCUT2D eigenvalue weighted by molar-refractivity contribution is 5.11. The minimum absolute atomic E-state index is 0.417. The lowest BCUT2D eigenvalue weighted by molar-refractivity contribution is 0.169. The molecule has 4 heteroatoms. The molecule has 3 rings (SSSR count). The molecule has 17 heavy (non-hydrogen) atoms. The molecule has 1 atom stereocenters. The van der Waals surface area contributed by atoms with E-state index in [9.17, 15) is 8.78 Å². The molecule has 2 heterocycles. The van der Waals surface area contributed by atoms with E-state index in [0.717, 1.165) is 38.2 Å². The highest BCUT2D eigenvalue weighted by Gasteiger charge is 2.43. The van der Waals surface area contributed by atoms with Gasteiger partial charge in [0.2, 0.25) is 0 Å². The number of pyridine rings is 1. The minimum Gasteiger partial charge on any atom is -0.316 e. The van der Waals surface area contributed by atoms with Crippen molar-refractivity contribution in [3.63, 3.8) is 0 Å². The second kappa shape index (κ2) is 4.02. The van der Waals surface area contributed by atoms with Crippen LogP contribution in [0.15, 0.2) is 12.3 Å². The Labute approximate surface area is 99.4 Å². The van der Waals surface area contributed by atoms with Crippen LogP contribution in [0.5, 0.6) is 0 Å². The van der Waals surface area contributed by atoms with Crippen LogP contribution in [0.25, 0.3) is 0 Å². The van der Waals surface area contributed by atoms with Crippen LogP contribution >= 0.6 is 0 Å². The molecule has 1 aliphatic carbocycles. The summed E-state index contributed by atoms with van der Waals surface area (Å²) in [6.07, 6.45) is 5.27. The highest BCUT2D eigenvalue weighted by Crippen LogP contribution is 2.45. The predicted octanol–water partition coefficient (Wildman–Crippen LogP) is 2.29. The van der Waals surface area contributed by atoms with Gasteiger partial charge in [-0.15, -0.1) is 0 Å². The molecule has 1 spiro atoms. The smallest absolute Gasteiger partial charge is 0.147 e. The molecule has 1 N–H and O–H groups in total. The van der Waals surface area contributed by atoms with E-state index in [0.29, 0.717) is 23.4 Å². The van der Waals surface area contributed by atoms with Crippen LogP contribution in [0.4, 0.5) is 8.78 Å². The summed E-state index contributed by atoms with van der Waals surface area (Å²) < 4.78 is 26.2.